The van der Waals surface area contributed by atoms with E-state index in [2.05, 4.69) is 5.32 Å². The zero-order valence-corrected chi connectivity index (χ0v) is 12.3. The summed E-state index contributed by atoms with van der Waals surface area (Å²) in [5.41, 5.74) is 0.0890. The Morgan fingerprint density at radius 1 is 0.913 bits per heavy atom. The molecule has 0 aromatic heterocycles. The topological polar surface area (TPSA) is 194 Å². The molecule has 23 heavy (non-hydrogen) atoms. The molecule has 1 rings (SSSR count). The zero-order valence-electron chi connectivity index (χ0n) is 12.3. The maximum Gasteiger partial charge on any atom is 0.111 e. The molecule has 0 aliphatic heterocycles. The summed E-state index contributed by atoms with van der Waals surface area (Å²) in [6.07, 6.45) is -9.79. The molecule has 1 aliphatic rings. The van der Waals surface area contributed by atoms with Gasteiger partial charge in [0.1, 0.15) is 36.6 Å². The van der Waals surface area contributed by atoms with Crippen LogP contribution in [0.1, 0.15) is 0 Å². The smallest absolute Gasteiger partial charge is 0.111 e. The monoisotopic (exact) mass is 339 g/mol. The molecule has 0 bridgehead atoms. The van der Waals surface area contributed by atoms with E-state index in [1.54, 1.807) is 0 Å². The summed E-state index contributed by atoms with van der Waals surface area (Å²) in [6, 6.07) is -0.919. The van der Waals surface area contributed by atoms with Crippen LogP contribution in [0.4, 0.5) is 0 Å². The lowest BCUT2D eigenvalue weighted by Crippen LogP contribution is -2.56. The summed E-state index contributed by atoms with van der Waals surface area (Å²) in [4.78, 5) is 0. The Bertz CT molecular complexity index is 394. The number of nitrogens with one attached hydrogen (secondary N) is 1. The van der Waals surface area contributed by atoms with E-state index < -0.39 is 62.0 Å². The van der Waals surface area contributed by atoms with E-state index in [-0.39, 0.29) is 12.1 Å². The van der Waals surface area contributed by atoms with Gasteiger partial charge in [-0.1, -0.05) is 6.08 Å². The molecule has 10 N–H and O–H groups in total. The molecular formula is C13H25NO9. The normalized spacial score (nSPS) is 33.7. The molecule has 1 aliphatic carbocycles. The van der Waals surface area contributed by atoms with Crippen molar-refractivity contribution in [2.45, 2.75) is 48.8 Å². The molecule has 0 fully saturated rings. The van der Waals surface area contributed by atoms with Gasteiger partial charge in [0.2, 0.25) is 0 Å². The molecule has 0 aromatic carbocycles. The highest BCUT2D eigenvalue weighted by molar-refractivity contribution is 5.21. The fourth-order valence-electron chi connectivity index (χ4n) is 2.31. The van der Waals surface area contributed by atoms with Crippen LogP contribution in [0.3, 0.4) is 0 Å². The predicted octanol–water partition coefficient (Wildman–Crippen LogP) is -5.60. The zero-order chi connectivity index (χ0) is 17.7. The third-order valence-corrected chi connectivity index (χ3v) is 3.89. The molecule has 0 saturated carbocycles. The summed E-state index contributed by atoms with van der Waals surface area (Å²) in [7, 11) is 0. The van der Waals surface area contributed by atoms with Crippen molar-refractivity contribution < 1.29 is 46.0 Å². The maximum atomic E-state index is 9.84. The lowest BCUT2D eigenvalue weighted by Gasteiger charge is -2.35. The number of hydrogen-bond donors (Lipinski definition) is 10. The van der Waals surface area contributed by atoms with Gasteiger partial charge in [-0.05, 0) is 5.57 Å². The van der Waals surface area contributed by atoms with Crippen molar-refractivity contribution in [3.05, 3.63) is 11.6 Å². The fourth-order valence-corrected chi connectivity index (χ4v) is 2.31. The fraction of sp³-hybridized carbons (Fsp3) is 0.846. The minimum Gasteiger partial charge on any atom is -0.394 e. The number of rotatable bonds is 8. The second kappa shape index (κ2) is 8.99. The molecule has 0 spiro atoms. The molecule has 0 saturated heterocycles. The van der Waals surface area contributed by atoms with Crippen LogP contribution < -0.4 is 5.32 Å². The number of aliphatic hydroxyl groups excluding tert-OH is 9. The van der Waals surface area contributed by atoms with Crippen molar-refractivity contribution in [3.8, 4) is 0 Å². The lowest BCUT2D eigenvalue weighted by atomic mass is 9.88. The van der Waals surface area contributed by atoms with E-state index in [1.165, 1.54) is 6.08 Å². The molecule has 136 valence electrons. The van der Waals surface area contributed by atoms with Gasteiger partial charge in [-0.25, -0.2) is 0 Å². The quantitative estimate of drug-likeness (QED) is 0.190. The van der Waals surface area contributed by atoms with Crippen molar-refractivity contribution in [1.29, 1.82) is 0 Å². The molecule has 8 atom stereocenters. The Balaban J connectivity index is 2.64. The molecular weight excluding hydrogens is 314 g/mol. The number of hydrogen-bond acceptors (Lipinski definition) is 10. The van der Waals surface area contributed by atoms with Crippen LogP contribution in [-0.2, 0) is 0 Å². The summed E-state index contributed by atoms with van der Waals surface area (Å²) in [5.74, 6) is 0. The van der Waals surface area contributed by atoms with Crippen LogP contribution in [0.25, 0.3) is 0 Å². The van der Waals surface area contributed by atoms with Gasteiger partial charge in [-0.3, -0.25) is 0 Å². The maximum absolute atomic E-state index is 9.84. The Morgan fingerprint density at radius 2 is 1.48 bits per heavy atom. The second-order valence-corrected chi connectivity index (χ2v) is 5.56. The molecule has 0 heterocycles. The highest BCUT2D eigenvalue weighted by Gasteiger charge is 2.37. The van der Waals surface area contributed by atoms with E-state index in [0.29, 0.717) is 0 Å². The third-order valence-electron chi connectivity index (χ3n) is 3.89. The van der Waals surface area contributed by atoms with Crippen LogP contribution in [0.15, 0.2) is 11.6 Å². The molecule has 0 aromatic rings. The third kappa shape index (κ3) is 4.90. The first-order valence-corrected chi connectivity index (χ1v) is 7.16. The van der Waals surface area contributed by atoms with Crippen molar-refractivity contribution in [2.24, 2.45) is 0 Å². The van der Waals surface area contributed by atoms with Crippen molar-refractivity contribution in [2.75, 3.05) is 19.8 Å². The number of aliphatic hydroxyl groups is 9. The van der Waals surface area contributed by atoms with Gasteiger partial charge in [0.25, 0.3) is 0 Å². The lowest BCUT2D eigenvalue weighted by molar-refractivity contribution is -0.115. The largest absolute Gasteiger partial charge is 0.394 e. The molecule has 0 amide bonds. The predicted molar refractivity (Wildman–Crippen MR) is 76.1 cm³/mol. The van der Waals surface area contributed by atoms with Crippen LogP contribution in [0.5, 0.6) is 0 Å². The van der Waals surface area contributed by atoms with Crippen LogP contribution in [0, 0.1) is 0 Å². The van der Waals surface area contributed by atoms with Crippen molar-refractivity contribution in [1.82, 2.24) is 5.32 Å². The molecule has 0 radical (unpaired) electrons. The van der Waals surface area contributed by atoms with Gasteiger partial charge < -0.3 is 51.3 Å². The van der Waals surface area contributed by atoms with Gasteiger partial charge in [-0.15, -0.1) is 0 Å². The summed E-state index contributed by atoms with van der Waals surface area (Å²) in [5, 5.41) is 87.6. The van der Waals surface area contributed by atoms with Gasteiger partial charge >= 0.3 is 0 Å². The van der Waals surface area contributed by atoms with E-state index >= 15 is 0 Å². The van der Waals surface area contributed by atoms with E-state index in [1.807, 2.05) is 0 Å². The Hall–Kier alpha value is -0.660. The van der Waals surface area contributed by atoms with Crippen LogP contribution in [0.2, 0.25) is 0 Å². The summed E-state index contributed by atoms with van der Waals surface area (Å²) in [6.45, 7) is -1.67. The summed E-state index contributed by atoms with van der Waals surface area (Å²) >= 11 is 0. The van der Waals surface area contributed by atoms with Crippen molar-refractivity contribution >= 4 is 0 Å². The average molecular weight is 339 g/mol. The molecule has 10 heteroatoms. The van der Waals surface area contributed by atoms with Gasteiger partial charge in [0.15, 0.2) is 0 Å². The average Bonchev–Trinajstić information content (AvgIpc) is 2.56. The molecule has 0 unspecified atom stereocenters. The van der Waals surface area contributed by atoms with E-state index in [0.717, 1.165) is 0 Å². The minimum absolute atomic E-state index is 0.0890. The first-order chi connectivity index (χ1) is 10.7. The van der Waals surface area contributed by atoms with Gasteiger partial charge in [-0.2, -0.15) is 0 Å². The Morgan fingerprint density at radius 3 is 2.00 bits per heavy atom. The standard InChI is InChI=1S/C13H25NO9/c15-3-5-1-6(10(20)13(23)9(5)19)14-2-7(17)11(21)12(22)8(18)4-16/h1,6-23H,2-4H2/t6-,7-,8+,9+,10-,11+,12-,13+/m0/s1. The minimum atomic E-state index is -1.77. The van der Waals surface area contributed by atoms with E-state index in [9.17, 15) is 35.7 Å². The Labute approximate surface area is 132 Å². The Kier molecular flexibility index (Phi) is 7.97. The van der Waals surface area contributed by atoms with Gasteiger partial charge in [0, 0.05) is 6.54 Å². The SMILES string of the molecule is OCC1=C[C@H](NC[C@H](O)[C@@H](O)[C@@H](O)[C@H](O)CO)[C@H](O)[C@H](O)[C@@H]1O. The second-order valence-electron chi connectivity index (χ2n) is 5.56. The first kappa shape index (κ1) is 20.4. The highest BCUT2D eigenvalue weighted by atomic mass is 16.4. The van der Waals surface area contributed by atoms with E-state index in [4.69, 9.17) is 10.2 Å². The van der Waals surface area contributed by atoms with Crippen LogP contribution in [-0.4, -0.2) is 114 Å². The summed E-state index contributed by atoms with van der Waals surface area (Å²) < 4.78 is 0. The first-order valence-electron chi connectivity index (χ1n) is 7.16. The highest BCUT2D eigenvalue weighted by Crippen LogP contribution is 2.20. The molecule has 10 nitrogen and oxygen atoms in total. The van der Waals surface area contributed by atoms with Gasteiger partial charge in [0.05, 0.1) is 25.4 Å². The van der Waals surface area contributed by atoms with Crippen molar-refractivity contribution in [3.63, 3.8) is 0 Å². The van der Waals surface area contributed by atoms with Crippen LogP contribution >= 0.6 is 0 Å².